The van der Waals surface area contributed by atoms with Crippen molar-refractivity contribution in [2.45, 2.75) is 13.8 Å². The molecule has 0 aromatic heterocycles. The first kappa shape index (κ1) is 18.4. The smallest absolute Gasteiger partial charge is 0.313 e. The fourth-order valence-electron chi connectivity index (χ4n) is 1.41. The maximum Gasteiger partial charge on any atom is 0.411 e. The Kier molecular flexibility index (Phi) is 7.62. The lowest BCUT2D eigenvalue weighted by Crippen LogP contribution is -2.24. The summed E-state index contributed by atoms with van der Waals surface area (Å²) in [6.07, 6.45) is -1.57. The lowest BCUT2D eigenvalue weighted by Gasteiger charge is -2.34. The van der Waals surface area contributed by atoms with Gasteiger partial charge >= 0.3 is 12.8 Å². The van der Waals surface area contributed by atoms with E-state index in [1.807, 2.05) is 18.2 Å². The maximum absolute atomic E-state index is 12.9. The molecule has 9 heteroatoms. The monoisotopic (exact) mass is 352 g/mol. The van der Waals surface area contributed by atoms with Gasteiger partial charge in [0.25, 0.3) is 0 Å². The Balaban J connectivity index is 3.16. The van der Waals surface area contributed by atoms with Crippen LogP contribution in [0.15, 0.2) is 30.3 Å². The summed E-state index contributed by atoms with van der Waals surface area (Å²) in [4.78, 5) is 10.9. The summed E-state index contributed by atoms with van der Waals surface area (Å²) in [7, 11) is 1.32. The Bertz CT molecular complexity index is 497. The van der Waals surface area contributed by atoms with Crippen LogP contribution in [0.1, 0.15) is 13.8 Å². The molecule has 0 atom stereocenters. The normalized spacial score (nSPS) is 11.2. The second-order valence-corrected chi connectivity index (χ2v) is 8.33. The Hall–Kier alpha value is -0.660. The van der Waals surface area contributed by atoms with Crippen LogP contribution in [-0.2, 0) is 20.9 Å². The number of anilines is 1. The van der Waals surface area contributed by atoms with Crippen molar-refractivity contribution in [1.29, 1.82) is 0 Å². The summed E-state index contributed by atoms with van der Waals surface area (Å²) in [5.41, 5.74) is 0.681. The predicted molar refractivity (Wildman–Crippen MR) is 88.3 cm³/mol. The number of nitrogens with zero attached hydrogens (tertiary/aromatic N) is 2. The number of hydrogen-bond donors (Lipinski definition) is 0. The third kappa shape index (κ3) is 5.23. The van der Waals surface area contributed by atoms with Crippen LogP contribution >= 0.6 is 18.8 Å². The number of hydrogen-bond acceptors (Lipinski definition) is 5. The van der Waals surface area contributed by atoms with Crippen molar-refractivity contribution in [3.63, 3.8) is 0 Å². The van der Waals surface area contributed by atoms with Crippen LogP contribution in [0.5, 0.6) is 0 Å². The van der Waals surface area contributed by atoms with E-state index in [0.717, 1.165) is 16.4 Å². The summed E-state index contributed by atoms with van der Waals surface area (Å²) in [6.45, 7) is 1.44. The molecule has 0 unspecified atom stereocenters. The van der Waals surface area contributed by atoms with Crippen LogP contribution in [0.25, 0.3) is 0 Å². The SMILES string of the molecule is CCOP(=S)(OCC)N(SN(C)C(=O)F)c1ccccc1. The van der Waals surface area contributed by atoms with E-state index in [1.54, 1.807) is 30.1 Å². The molecule has 1 aromatic carbocycles. The molecular weight excluding hydrogens is 334 g/mol. The second-order valence-electron chi connectivity index (χ2n) is 3.74. The van der Waals surface area contributed by atoms with Gasteiger partial charge in [-0.05, 0) is 37.8 Å². The zero-order valence-electron chi connectivity index (χ0n) is 12.1. The lowest BCUT2D eigenvalue weighted by molar-refractivity contribution is 0.209. The minimum Gasteiger partial charge on any atom is -0.313 e. The van der Waals surface area contributed by atoms with Gasteiger partial charge in [0.2, 0.25) is 0 Å². The minimum atomic E-state index is -2.88. The highest BCUT2D eigenvalue weighted by Crippen LogP contribution is 2.58. The molecule has 0 spiro atoms. The number of carbonyl (C=O) groups is 1. The fraction of sp³-hybridized carbons (Fsp3) is 0.417. The van der Waals surface area contributed by atoms with Gasteiger partial charge in [-0.25, -0.2) is 13.2 Å². The van der Waals surface area contributed by atoms with Crippen molar-refractivity contribution in [1.82, 2.24) is 4.31 Å². The second kappa shape index (κ2) is 8.70. The van der Waals surface area contributed by atoms with Gasteiger partial charge in [-0.3, -0.25) is 0 Å². The molecule has 0 fully saturated rings. The standard InChI is InChI=1S/C12H18FN2O3PS2/c1-4-17-19(20,18-5-2)15(21-14(3)12(13)16)11-9-7-6-8-10-11/h6-10H,4-5H2,1-3H3. The summed E-state index contributed by atoms with van der Waals surface area (Å²) < 4.78 is 26.5. The number of para-hydroxylation sites is 1. The van der Waals surface area contributed by atoms with Gasteiger partial charge in [0, 0.05) is 7.05 Å². The molecule has 21 heavy (non-hydrogen) atoms. The third-order valence-corrected chi connectivity index (χ3v) is 7.13. The molecule has 0 aliphatic heterocycles. The van der Waals surface area contributed by atoms with E-state index in [1.165, 1.54) is 7.05 Å². The van der Waals surface area contributed by atoms with Gasteiger partial charge in [-0.2, -0.15) is 0 Å². The first-order valence-corrected chi connectivity index (χ1v) is 9.62. The Morgan fingerprint density at radius 1 is 1.29 bits per heavy atom. The summed E-state index contributed by atoms with van der Waals surface area (Å²) in [5.74, 6) is 0. The van der Waals surface area contributed by atoms with E-state index in [2.05, 4.69) is 0 Å². The van der Waals surface area contributed by atoms with Crippen molar-refractivity contribution in [2.24, 2.45) is 0 Å². The van der Waals surface area contributed by atoms with Crippen LogP contribution < -0.4 is 4.08 Å². The molecule has 0 heterocycles. The van der Waals surface area contributed by atoms with Crippen molar-refractivity contribution in [3.05, 3.63) is 30.3 Å². The van der Waals surface area contributed by atoms with Crippen molar-refractivity contribution in [2.75, 3.05) is 24.3 Å². The lowest BCUT2D eigenvalue weighted by atomic mass is 10.3. The number of amides is 1. The highest BCUT2D eigenvalue weighted by Gasteiger charge is 2.32. The minimum absolute atomic E-state index is 0.356. The number of carbonyl (C=O) groups excluding carboxylic acids is 1. The van der Waals surface area contributed by atoms with Gasteiger partial charge in [0.15, 0.2) is 0 Å². The van der Waals surface area contributed by atoms with Gasteiger partial charge < -0.3 is 9.05 Å². The predicted octanol–water partition coefficient (Wildman–Crippen LogP) is 4.38. The average molecular weight is 352 g/mol. The zero-order valence-corrected chi connectivity index (χ0v) is 14.6. The van der Waals surface area contributed by atoms with Crippen LogP contribution in [0.4, 0.5) is 14.9 Å². The Morgan fingerprint density at radius 3 is 2.24 bits per heavy atom. The topological polar surface area (TPSA) is 42.0 Å². The molecule has 0 radical (unpaired) electrons. The Labute approximate surface area is 133 Å². The van der Waals surface area contributed by atoms with E-state index in [0.29, 0.717) is 18.9 Å². The molecule has 1 amide bonds. The quantitative estimate of drug-likeness (QED) is 0.299. The first-order valence-electron chi connectivity index (χ1n) is 6.30. The van der Waals surface area contributed by atoms with Gasteiger partial charge in [0.1, 0.15) is 0 Å². The first-order chi connectivity index (χ1) is 9.94. The largest absolute Gasteiger partial charge is 0.411 e. The molecule has 0 N–H and O–H groups in total. The highest BCUT2D eigenvalue weighted by molar-refractivity contribution is 8.19. The van der Waals surface area contributed by atoms with Crippen molar-refractivity contribution < 1.29 is 18.2 Å². The molecule has 118 valence electrons. The van der Waals surface area contributed by atoms with E-state index in [4.69, 9.17) is 20.9 Å². The number of rotatable bonds is 8. The molecule has 0 bridgehead atoms. The van der Waals surface area contributed by atoms with Gasteiger partial charge in [-0.1, -0.05) is 18.2 Å². The molecule has 1 aromatic rings. The zero-order chi connectivity index (χ0) is 15.9. The van der Waals surface area contributed by atoms with Gasteiger partial charge in [-0.15, -0.1) is 4.39 Å². The van der Waals surface area contributed by atoms with Crippen LogP contribution in [0.2, 0.25) is 0 Å². The van der Waals surface area contributed by atoms with Crippen LogP contribution in [0, 0.1) is 0 Å². The van der Waals surface area contributed by atoms with E-state index >= 15 is 0 Å². The molecule has 5 nitrogen and oxygen atoms in total. The number of halogens is 1. The fourth-order valence-corrected chi connectivity index (χ4v) is 5.42. The van der Waals surface area contributed by atoms with Crippen molar-refractivity contribution >= 4 is 42.4 Å². The maximum atomic E-state index is 12.9. The van der Waals surface area contributed by atoms with Gasteiger partial charge in [0.05, 0.1) is 31.0 Å². The molecule has 0 aliphatic carbocycles. The molecule has 0 saturated heterocycles. The molecule has 1 rings (SSSR count). The third-order valence-electron chi connectivity index (χ3n) is 2.23. The summed E-state index contributed by atoms with van der Waals surface area (Å²) >= 11 is 6.35. The average Bonchev–Trinajstić information content (AvgIpc) is 2.45. The van der Waals surface area contributed by atoms with Crippen molar-refractivity contribution in [3.8, 4) is 0 Å². The molecular formula is C12H18FN2O3PS2. The molecule has 0 saturated carbocycles. The van der Waals surface area contributed by atoms with E-state index in [-0.39, 0.29) is 0 Å². The molecule has 0 aliphatic rings. The summed E-state index contributed by atoms with van der Waals surface area (Å²) in [6, 6.07) is 9.07. The summed E-state index contributed by atoms with van der Waals surface area (Å²) in [5, 5.41) is 0. The van der Waals surface area contributed by atoms with Crippen LogP contribution in [-0.4, -0.2) is 30.7 Å². The number of benzene rings is 1. The van der Waals surface area contributed by atoms with Crippen LogP contribution in [0.3, 0.4) is 0 Å². The van der Waals surface area contributed by atoms with E-state index < -0.39 is 12.8 Å². The Morgan fingerprint density at radius 2 is 1.81 bits per heavy atom. The highest BCUT2D eigenvalue weighted by atomic mass is 32.5. The van der Waals surface area contributed by atoms with E-state index in [9.17, 15) is 9.18 Å².